The normalized spacial score (nSPS) is 13.1. The molecule has 0 bridgehead atoms. The average Bonchev–Trinajstić information content (AvgIpc) is 2.11. The highest BCUT2D eigenvalue weighted by atomic mass is 16.3. The van der Waals surface area contributed by atoms with Crippen LogP contribution in [0.25, 0.3) is 0 Å². The number of rotatable bonds is 3. The molecule has 0 saturated heterocycles. The summed E-state index contributed by atoms with van der Waals surface area (Å²) in [5.41, 5.74) is 5.93. The van der Waals surface area contributed by atoms with Crippen LogP contribution in [0.5, 0.6) is 0 Å². The van der Waals surface area contributed by atoms with E-state index in [0.717, 1.165) is 0 Å². The van der Waals surface area contributed by atoms with E-state index in [0.29, 0.717) is 12.2 Å². The van der Waals surface area contributed by atoms with Crippen LogP contribution >= 0.6 is 0 Å². The molecule has 4 heteroatoms. The third-order valence-corrected chi connectivity index (χ3v) is 2.16. The first-order chi connectivity index (χ1) is 6.50. The molecule has 1 atom stereocenters. The molecule has 1 unspecified atom stereocenters. The molecule has 1 heterocycles. The summed E-state index contributed by atoms with van der Waals surface area (Å²) in [7, 11) is 0. The number of nitrogen functional groups attached to an aromatic ring is 1. The third-order valence-electron chi connectivity index (χ3n) is 2.16. The third kappa shape index (κ3) is 2.60. The van der Waals surface area contributed by atoms with Crippen molar-refractivity contribution < 1.29 is 5.11 Å². The summed E-state index contributed by atoms with van der Waals surface area (Å²) in [6.45, 7) is 4.10. The minimum Gasteiger partial charge on any atom is -0.398 e. The molecule has 0 saturated carbocycles. The van der Waals surface area contributed by atoms with Crippen LogP contribution in [0.2, 0.25) is 0 Å². The second-order valence-corrected chi connectivity index (χ2v) is 3.76. The summed E-state index contributed by atoms with van der Waals surface area (Å²) in [5, 5.41) is 9.59. The Hall–Kier alpha value is -1.29. The molecule has 0 spiro atoms. The van der Waals surface area contributed by atoms with Gasteiger partial charge in [-0.3, -0.25) is 4.79 Å². The molecule has 0 fully saturated rings. The van der Waals surface area contributed by atoms with Crippen LogP contribution in [0.4, 0.5) is 5.69 Å². The van der Waals surface area contributed by atoms with Crippen molar-refractivity contribution in [2.75, 3.05) is 5.73 Å². The summed E-state index contributed by atoms with van der Waals surface area (Å²) in [6, 6.07) is 2.96. The van der Waals surface area contributed by atoms with Gasteiger partial charge in [-0.05, 0) is 12.0 Å². The molecule has 1 aromatic rings. The number of nitrogens with zero attached hydrogens (tertiary/aromatic N) is 1. The van der Waals surface area contributed by atoms with Crippen LogP contribution in [-0.2, 0) is 6.54 Å². The lowest BCUT2D eigenvalue weighted by Crippen LogP contribution is -2.28. The van der Waals surface area contributed by atoms with Gasteiger partial charge in [0, 0.05) is 18.0 Å². The van der Waals surface area contributed by atoms with Crippen molar-refractivity contribution in [1.29, 1.82) is 0 Å². The van der Waals surface area contributed by atoms with Crippen molar-refractivity contribution in [2.45, 2.75) is 26.5 Å². The van der Waals surface area contributed by atoms with Gasteiger partial charge < -0.3 is 15.4 Å². The molecule has 0 amide bonds. The first-order valence-electron chi connectivity index (χ1n) is 4.64. The van der Waals surface area contributed by atoms with Crippen LogP contribution in [-0.4, -0.2) is 15.8 Å². The predicted molar refractivity (Wildman–Crippen MR) is 56.0 cm³/mol. The summed E-state index contributed by atoms with van der Waals surface area (Å²) in [6.07, 6.45) is 1.03. The smallest absolute Gasteiger partial charge is 0.250 e. The minimum absolute atomic E-state index is 0.128. The van der Waals surface area contributed by atoms with E-state index in [1.807, 2.05) is 13.8 Å². The van der Waals surface area contributed by atoms with Crippen LogP contribution in [0.15, 0.2) is 23.1 Å². The van der Waals surface area contributed by atoms with Crippen LogP contribution < -0.4 is 11.3 Å². The van der Waals surface area contributed by atoms with E-state index in [4.69, 9.17) is 5.73 Å². The maximum atomic E-state index is 11.3. The highest BCUT2D eigenvalue weighted by molar-refractivity contribution is 5.33. The van der Waals surface area contributed by atoms with Gasteiger partial charge in [0.25, 0.3) is 5.56 Å². The standard InChI is InChI=1S/C10H16N2O2/c1-7(2)9(13)6-12-5-8(11)3-4-10(12)14/h3-5,7,9,13H,6,11H2,1-2H3. The van der Waals surface area contributed by atoms with Crippen LogP contribution in [0.3, 0.4) is 0 Å². The van der Waals surface area contributed by atoms with Gasteiger partial charge in [0.2, 0.25) is 0 Å². The molecule has 3 N–H and O–H groups in total. The van der Waals surface area contributed by atoms with Crippen LogP contribution in [0.1, 0.15) is 13.8 Å². The number of hydrogen-bond acceptors (Lipinski definition) is 3. The van der Waals surface area contributed by atoms with Gasteiger partial charge >= 0.3 is 0 Å². The Balaban J connectivity index is 2.86. The molecule has 0 aromatic carbocycles. The second-order valence-electron chi connectivity index (χ2n) is 3.76. The summed E-state index contributed by atoms with van der Waals surface area (Å²) in [5.74, 6) is 0.128. The Morgan fingerprint density at radius 1 is 1.50 bits per heavy atom. The lowest BCUT2D eigenvalue weighted by atomic mass is 10.1. The molecular formula is C10H16N2O2. The Morgan fingerprint density at radius 2 is 2.14 bits per heavy atom. The van der Waals surface area contributed by atoms with Crippen molar-refractivity contribution in [3.63, 3.8) is 0 Å². The van der Waals surface area contributed by atoms with Gasteiger partial charge in [0.1, 0.15) is 0 Å². The zero-order chi connectivity index (χ0) is 10.7. The summed E-state index contributed by atoms with van der Waals surface area (Å²) in [4.78, 5) is 11.3. The SMILES string of the molecule is CC(C)C(O)Cn1cc(N)ccc1=O. The van der Waals surface area contributed by atoms with Gasteiger partial charge in [-0.2, -0.15) is 0 Å². The van der Waals surface area contributed by atoms with Gasteiger partial charge in [0.05, 0.1) is 12.6 Å². The Kier molecular flexibility index (Phi) is 3.30. The van der Waals surface area contributed by atoms with E-state index in [2.05, 4.69) is 0 Å². The quantitative estimate of drug-likeness (QED) is 0.737. The molecule has 0 aliphatic rings. The molecule has 1 aromatic heterocycles. The van der Waals surface area contributed by atoms with Gasteiger partial charge in [-0.25, -0.2) is 0 Å². The van der Waals surface area contributed by atoms with E-state index in [1.165, 1.54) is 10.6 Å². The molecule has 0 aliphatic carbocycles. The second kappa shape index (κ2) is 4.28. The monoisotopic (exact) mass is 196 g/mol. The zero-order valence-electron chi connectivity index (χ0n) is 8.47. The number of hydrogen-bond donors (Lipinski definition) is 2. The number of aromatic nitrogens is 1. The summed E-state index contributed by atoms with van der Waals surface area (Å²) >= 11 is 0. The Morgan fingerprint density at radius 3 is 2.71 bits per heavy atom. The fourth-order valence-corrected chi connectivity index (χ4v) is 1.10. The number of pyridine rings is 1. The largest absolute Gasteiger partial charge is 0.398 e. The Bertz CT molecular complexity index is 357. The van der Waals surface area contributed by atoms with Gasteiger partial charge in [-0.15, -0.1) is 0 Å². The molecule has 4 nitrogen and oxygen atoms in total. The van der Waals surface area contributed by atoms with E-state index in [9.17, 15) is 9.90 Å². The van der Waals surface area contributed by atoms with Crippen molar-refractivity contribution >= 4 is 5.69 Å². The van der Waals surface area contributed by atoms with Crippen molar-refractivity contribution in [3.8, 4) is 0 Å². The van der Waals surface area contributed by atoms with E-state index in [-0.39, 0.29) is 11.5 Å². The lowest BCUT2D eigenvalue weighted by Gasteiger charge is -2.15. The Labute approximate surface area is 83.0 Å². The highest BCUT2D eigenvalue weighted by Crippen LogP contribution is 2.04. The maximum absolute atomic E-state index is 11.3. The molecule has 1 rings (SSSR count). The highest BCUT2D eigenvalue weighted by Gasteiger charge is 2.10. The van der Waals surface area contributed by atoms with Gasteiger partial charge in [0.15, 0.2) is 0 Å². The van der Waals surface area contributed by atoms with Crippen LogP contribution in [0, 0.1) is 5.92 Å². The average molecular weight is 196 g/mol. The maximum Gasteiger partial charge on any atom is 0.250 e. The molecule has 0 radical (unpaired) electrons. The van der Waals surface area contributed by atoms with E-state index in [1.54, 1.807) is 12.3 Å². The van der Waals surface area contributed by atoms with Crippen molar-refractivity contribution in [1.82, 2.24) is 4.57 Å². The number of aliphatic hydroxyl groups is 1. The predicted octanol–water partition coefficient (Wildman–Crippen LogP) is 0.447. The molecular weight excluding hydrogens is 180 g/mol. The fraction of sp³-hybridized carbons (Fsp3) is 0.500. The molecule has 14 heavy (non-hydrogen) atoms. The van der Waals surface area contributed by atoms with Crippen molar-refractivity contribution in [3.05, 3.63) is 28.7 Å². The lowest BCUT2D eigenvalue weighted by molar-refractivity contribution is 0.106. The fourth-order valence-electron chi connectivity index (χ4n) is 1.10. The van der Waals surface area contributed by atoms with Gasteiger partial charge in [-0.1, -0.05) is 13.8 Å². The zero-order valence-corrected chi connectivity index (χ0v) is 8.47. The topological polar surface area (TPSA) is 68.2 Å². The molecule has 78 valence electrons. The van der Waals surface area contributed by atoms with E-state index < -0.39 is 6.10 Å². The molecule has 0 aliphatic heterocycles. The number of nitrogens with two attached hydrogens (primary N) is 1. The first kappa shape index (κ1) is 10.8. The summed E-state index contributed by atoms with van der Waals surface area (Å²) < 4.78 is 1.43. The van der Waals surface area contributed by atoms with E-state index >= 15 is 0 Å². The van der Waals surface area contributed by atoms with Crippen molar-refractivity contribution in [2.24, 2.45) is 5.92 Å². The number of anilines is 1. The number of aliphatic hydroxyl groups excluding tert-OH is 1. The minimum atomic E-state index is -0.519. The first-order valence-corrected chi connectivity index (χ1v) is 4.64.